The minimum atomic E-state index is -4.94. The third kappa shape index (κ3) is 2.74. The molecule has 1 aromatic rings. The van der Waals surface area contributed by atoms with Crippen LogP contribution in [0.5, 0.6) is 5.75 Å². The molecule has 0 spiro atoms. The van der Waals surface area contributed by atoms with Crippen molar-refractivity contribution in [2.24, 2.45) is 0 Å². The maximum absolute atomic E-state index is 12.0. The van der Waals surface area contributed by atoms with Gasteiger partial charge >= 0.3 is 6.36 Å². The van der Waals surface area contributed by atoms with Crippen LogP contribution in [0, 0.1) is 11.3 Å². The van der Waals surface area contributed by atoms with Gasteiger partial charge in [-0.25, -0.2) is 4.98 Å². The summed E-state index contributed by atoms with van der Waals surface area (Å²) in [5.41, 5.74) is 4.21. The highest BCUT2D eigenvalue weighted by Crippen LogP contribution is 2.31. The number of anilines is 1. The summed E-state index contributed by atoms with van der Waals surface area (Å²) in [5, 5.41) is 17.3. The fourth-order valence-electron chi connectivity index (χ4n) is 1.01. The molecule has 1 aromatic heterocycles. The molecule has 0 saturated heterocycles. The van der Waals surface area contributed by atoms with Gasteiger partial charge in [0.2, 0.25) is 0 Å². The Hall–Kier alpha value is -2.01. The smallest absolute Gasteiger partial charge is 0.402 e. The molecule has 0 aliphatic carbocycles. The molecule has 3 N–H and O–H groups in total. The first-order valence-electron chi connectivity index (χ1n) is 3.93. The van der Waals surface area contributed by atoms with Crippen LogP contribution in [0.25, 0.3) is 0 Å². The zero-order chi connectivity index (χ0) is 12.3. The van der Waals surface area contributed by atoms with Crippen molar-refractivity contribution in [1.29, 1.82) is 5.26 Å². The van der Waals surface area contributed by atoms with Crippen LogP contribution in [0.4, 0.5) is 18.9 Å². The molecule has 0 atom stereocenters. The van der Waals surface area contributed by atoms with Crippen molar-refractivity contribution in [2.45, 2.75) is 13.0 Å². The van der Waals surface area contributed by atoms with Crippen LogP contribution in [0.1, 0.15) is 11.4 Å². The molecule has 0 amide bonds. The van der Waals surface area contributed by atoms with Gasteiger partial charge in [0, 0.05) is 6.07 Å². The summed E-state index contributed by atoms with van der Waals surface area (Å²) in [6, 6.07) is 2.52. The van der Waals surface area contributed by atoms with E-state index in [4.69, 9.17) is 16.1 Å². The van der Waals surface area contributed by atoms with Crippen LogP contribution in [0.3, 0.4) is 0 Å². The molecule has 1 heterocycles. The number of nitriles is 1. The van der Waals surface area contributed by atoms with E-state index >= 15 is 0 Å². The van der Waals surface area contributed by atoms with Crippen molar-refractivity contribution in [3.05, 3.63) is 17.5 Å². The number of pyridine rings is 1. The van der Waals surface area contributed by atoms with E-state index in [1.807, 2.05) is 0 Å². The Morgan fingerprint density at radius 2 is 2.19 bits per heavy atom. The number of nitrogen functional groups attached to an aromatic ring is 1. The van der Waals surface area contributed by atoms with Crippen LogP contribution in [-0.4, -0.2) is 16.5 Å². The zero-order valence-corrected chi connectivity index (χ0v) is 7.75. The number of ether oxygens (including phenoxy) is 1. The van der Waals surface area contributed by atoms with Crippen molar-refractivity contribution in [1.82, 2.24) is 4.98 Å². The largest absolute Gasteiger partial charge is 0.573 e. The molecular formula is C8H6F3N3O2. The topological polar surface area (TPSA) is 92.2 Å². The predicted octanol–water partition coefficient (Wildman–Crippen LogP) is 0.926. The molecule has 0 saturated carbocycles. The lowest BCUT2D eigenvalue weighted by Crippen LogP contribution is -2.20. The van der Waals surface area contributed by atoms with E-state index in [9.17, 15) is 13.2 Å². The second-order valence-electron chi connectivity index (χ2n) is 2.69. The summed E-state index contributed by atoms with van der Waals surface area (Å²) < 4.78 is 39.5. The summed E-state index contributed by atoms with van der Waals surface area (Å²) in [7, 11) is 0. The molecule has 5 nitrogen and oxygen atoms in total. The van der Waals surface area contributed by atoms with E-state index in [1.54, 1.807) is 6.07 Å². The number of alkyl halides is 3. The summed E-state index contributed by atoms with van der Waals surface area (Å²) in [4.78, 5) is 3.44. The molecule has 86 valence electrons. The minimum absolute atomic E-state index is 0.198. The van der Waals surface area contributed by atoms with E-state index in [2.05, 4.69) is 9.72 Å². The van der Waals surface area contributed by atoms with Crippen LogP contribution in [0.15, 0.2) is 6.07 Å². The average Bonchev–Trinajstić information content (AvgIpc) is 2.19. The number of rotatable bonds is 2. The molecule has 0 bridgehead atoms. The number of nitrogens with two attached hydrogens (primary N) is 1. The van der Waals surface area contributed by atoms with Gasteiger partial charge in [0.05, 0.1) is 12.3 Å². The van der Waals surface area contributed by atoms with E-state index in [0.29, 0.717) is 0 Å². The number of aromatic nitrogens is 1. The standard InChI is InChI=1S/C8H6F3N3O2/c9-8(10,11)16-7-5(13)1-4(2-12)14-6(7)3-15/h1,15H,3H2,(H2,13,14). The van der Waals surface area contributed by atoms with E-state index in [0.717, 1.165) is 6.07 Å². The second-order valence-corrected chi connectivity index (χ2v) is 2.69. The Bertz CT molecular complexity index is 439. The predicted molar refractivity (Wildman–Crippen MR) is 46.0 cm³/mol. The fourth-order valence-corrected chi connectivity index (χ4v) is 1.01. The van der Waals surface area contributed by atoms with Crippen LogP contribution < -0.4 is 10.5 Å². The van der Waals surface area contributed by atoms with Gasteiger partial charge in [0.1, 0.15) is 17.5 Å². The van der Waals surface area contributed by atoms with Gasteiger partial charge in [-0.15, -0.1) is 13.2 Å². The summed E-state index contributed by atoms with van der Waals surface area (Å²) in [6.07, 6.45) is -4.94. The summed E-state index contributed by atoms with van der Waals surface area (Å²) in [5.74, 6) is -0.783. The number of aliphatic hydroxyl groups excluding tert-OH is 1. The SMILES string of the molecule is N#Cc1cc(N)c(OC(F)(F)F)c(CO)n1. The maximum Gasteiger partial charge on any atom is 0.573 e. The minimum Gasteiger partial charge on any atom is -0.402 e. The molecule has 0 fully saturated rings. The van der Waals surface area contributed by atoms with Gasteiger partial charge in [0.15, 0.2) is 5.75 Å². The molecule has 0 radical (unpaired) electrons. The van der Waals surface area contributed by atoms with Crippen molar-refractivity contribution in [3.8, 4) is 11.8 Å². The van der Waals surface area contributed by atoms with Crippen molar-refractivity contribution < 1.29 is 23.0 Å². The third-order valence-electron chi connectivity index (χ3n) is 1.55. The van der Waals surface area contributed by atoms with E-state index in [1.165, 1.54) is 0 Å². The van der Waals surface area contributed by atoms with Gasteiger partial charge in [0.25, 0.3) is 0 Å². The molecular weight excluding hydrogens is 227 g/mol. The van der Waals surface area contributed by atoms with Crippen molar-refractivity contribution >= 4 is 5.69 Å². The molecule has 0 aliphatic heterocycles. The normalized spacial score (nSPS) is 10.9. The molecule has 0 aliphatic rings. The average molecular weight is 233 g/mol. The lowest BCUT2D eigenvalue weighted by molar-refractivity contribution is -0.274. The Labute approximate surface area is 87.9 Å². The van der Waals surface area contributed by atoms with Crippen molar-refractivity contribution in [3.63, 3.8) is 0 Å². The maximum atomic E-state index is 12.0. The molecule has 1 rings (SSSR count). The van der Waals surface area contributed by atoms with Gasteiger partial charge in [-0.3, -0.25) is 0 Å². The van der Waals surface area contributed by atoms with Gasteiger partial charge < -0.3 is 15.6 Å². The highest BCUT2D eigenvalue weighted by Gasteiger charge is 2.33. The van der Waals surface area contributed by atoms with E-state index < -0.39 is 30.1 Å². The first-order valence-corrected chi connectivity index (χ1v) is 3.93. The quantitative estimate of drug-likeness (QED) is 0.792. The second kappa shape index (κ2) is 4.24. The molecule has 16 heavy (non-hydrogen) atoms. The summed E-state index contributed by atoms with van der Waals surface area (Å²) in [6.45, 7) is -0.814. The highest BCUT2D eigenvalue weighted by atomic mass is 19.4. The van der Waals surface area contributed by atoms with Gasteiger partial charge in [-0.1, -0.05) is 0 Å². The monoisotopic (exact) mass is 233 g/mol. The molecule has 0 aromatic carbocycles. The number of hydrogen-bond acceptors (Lipinski definition) is 5. The van der Waals surface area contributed by atoms with Crippen LogP contribution >= 0.6 is 0 Å². The number of halogens is 3. The van der Waals surface area contributed by atoms with Gasteiger partial charge in [-0.05, 0) is 0 Å². The van der Waals surface area contributed by atoms with Crippen LogP contribution in [0.2, 0.25) is 0 Å². The first kappa shape index (κ1) is 12.1. The number of aliphatic hydroxyl groups is 1. The Morgan fingerprint density at radius 3 is 2.62 bits per heavy atom. The van der Waals surface area contributed by atoms with Gasteiger partial charge in [-0.2, -0.15) is 5.26 Å². The Balaban J connectivity index is 3.23. The van der Waals surface area contributed by atoms with E-state index in [-0.39, 0.29) is 5.69 Å². The Morgan fingerprint density at radius 1 is 1.56 bits per heavy atom. The molecule has 8 heteroatoms. The molecule has 0 unspecified atom stereocenters. The fraction of sp³-hybridized carbons (Fsp3) is 0.250. The van der Waals surface area contributed by atoms with Crippen LogP contribution in [-0.2, 0) is 6.61 Å². The lowest BCUT2D eigenvalue weighted by atomic mass is 10.2. The number of hydrogen-bond donors (Lipinski definition) is 2. The third-order valence-corrected chi connectivity index (χ3v) is 1.55. The van der Waals surface area contributed by atoms with Crippen molar-refractivity contribution in [2.75, 3.05) is 5.73 Å². The number of nitrogens with zero attached hydrogens (tertiary/aromatic N) is 2. The Kier molecular flexibility index (Phi) is 3.20. The summed E-state index contributed by atoms with van der Waals surface area (Å²) >= 11 is 0. The lowest BCUT2D eigenvalue weighted by Gasteiger charge is -2.13. The first-order chi connectivity index (χ1) is 7.37. The highest BCUT2D eigenvalue weighted by molar-refractivity contribution is 5.57. The zero-order valence-electron chi connectivity index (χ0n) is 7.75.